The van der Waals surface area contributed by atoms with Gasteiger partial charge in [0.25, 0.3) is 5.91 Å². The van der Waals surface area contributed by atoms with Gasteiger partial charge in [0.2, 0.25) is 0 Å². The van der Waals surface area contributed by atoms with Crippen LogP contribution < -0.4 is 10.1 Å². The Hall–Kier alpha value is -2.47. The van der Waals surface area contributed by atoms with Gasteiger partial charge < -0.3 is 14.8 Å². The first-order chi connectivity index (χ1) is 11.2. The van der Waals surface area contributed by atoms with Crippen molar-refractivity contribution >= 4 is 11.6 Å². The van der Waals surface area contributed by atoms with Crippen molar-refractivity contribution < 1.29 is 14.3 Å². The standard InChI is InChI=1S/C17H19N3O3/c1-12-9-19-16(10-18-12)17(21)20-13-4-2-5-14(8-13)23-11-15-6-3-7-22-15/h2,4-5,8-10,15H,3,6-7,11H2,1H3,(H,20,21)/t15-/m1/s1. The van der Waals surface area contributed by atoms with Crippen molar-refractivity contribution in [2.75, 3.05) is 18.5 Å². The van der Waals surface area contributed by atoms with Gasteiger partial charge in [-0.2, -0.15) is 0 Å². The molecule has 1 fully saturated rings. The molecular formula is C17H19N3O3. The van der Waals surface area contributed by atoms with E-state index in [0.29, 0.717) is 18.0 Å². The number of ether oxygens (including phenoxy) is 2. The van der Waals surface area contributed by atoms with Gasteiger partial charge >= 0.3 is 0 Å². The molecule has 3 rings (SSSR count). The summed E-state index contributed by atoms with van der Waals surface area (Å²) in [4.78, 5) is 20.3. The van der Waals surface area contributed by atoms with Gasteiger partial charge in [-0.3, -0.25) is 9.78 Å². The highest BCUT2D eigenvalue weighted by Crippen LogP contribution is 2.20. The first-order valence-corrected chi connectivity index (χ1v) is 7.65. The quantitative estimate of drug-likeness (QED) is 0.918. The van der Waals surface area contributed by atoms with E-state index in [9.17, 15) is 4.79 Å². The number of anilines is 1. The Labute approximate surface area is 134 Å². The molecule has 6 heteroatoms. The number of hydrogen-bond acceptors (Lipinski definition) is 5. The maximum atomic E-state index is 12.1. The third-order valence-corrected chi connectivity index (χ3v) is 3.57. The fourth-order valence-corrected chi connectivity index (χ4v) is 2.33. The molecule has 1 aromatic heterocycles. The first-order valence-electron chi connectivity index (χ1n) is 7.65. The van der Waals surface area contributed by atoms with Crippen LogP contribution in [0.3, 0.4) is 0 Å². The lowest BCUT2D eigenvalue weighted by atomic mass is 10.2. The van der Waals surface area contributed by atoms with Crippen molar-refractivity contribution in [3.8, 4) is 5.75 Å². The van der Waals surface area contributed by atoms with Crippen LogP contribution in [-0.2, 0) is 4.74 Å². The van der Waals surface area contributed by atoms with Crippen molar-refractivity contribution in [3.63, 3.8) is 0 Å². The van der Waals surface area contributed by atoms with Crippen LogP contribution in [0.2, 0.25) is 0 Å². The highest BCUT2D eigenvalue weighted by Gasteiger charge is 2.16. The Morgan fingerprint density at radius 2 is 2.30 bits per heavy atom. The lowest BCUT2D eigenvalue weighted by Crippen LogP contribution is -2.16. The topological polar surface area (TPSA) is 73.3 Å². The Bertz CT molecular complexity index is 667. The predicted octanol–water partition coefficient (Wildman–Crippen LogP) is 2.60. The van der Waals surface area contributed by atoms with E-state index in [0.717, 1.165) is 25.1 Å². The summed E-state index contributed by atoms with van der Waals surface area (Å²) < 4.78 is 11.3. The highest BCUT2D eigenvalue weighted by atomic mass is 16.5. The van der Waals surface area contributed by atoms with Gasteiger partial charge in [0.15, 0.2) is 0 Å². The van der Waals surface area contributed by atoms with E-state index < -0.39 is 0 Å². The van der Waals surface area contributed by atoms with Crippen molar-refractivity contribution in [1.82, 2.24) is 9.97 Å². The number of aromatic nitrogens is 2. The van der Waals surface area contributed by atoms with Crippen LogP contribution in [-0.4, -0.2) is 35.2 Å². The number of nitrogens with one attached hydrogen (secondary N) is 1. The molecule has 6 nitrogen and oxygen atoms in total. The molecule has 0 aliphatic carbocycles. The molecule has 2 aromatic rings. The Balaban J connectivity index is 1.60. The summed E-state index contributed by atoms with van der Waals surface area (Å²) in [6, 6.07) is 7.28. The van der Waals surface area contributed by atoms with Crippen molar-refractivity contribution in [3.05, 3.63) is 48.0 Å². The number of nitrogens with zero attached hydrogens (tertiary/aromatic N) is 2. The second kappa shape index (κ2) is 7.19. The smallest absolute Gasteiger partial charge is 0.275 e. The number of rotatable bonds is 5. The van der Waals surface area contributed by atoms with Crippen LogP contribution in [0.4, 0.5) is 5.69 Å². The molecule has 2 heterocycles. The van der Waals surface area contributed by atoms with Gasteiger partial charge in [-0.25, -0.2) is 4.98 Å². The fourth-order valence-electron chi connectivity index (χ4n) is 2.33. The monoisotopic (exact) mass is 313 g/mol. The number of carbonyl (C=O) groups excluding carboxylic acids is 1. The lowest BCUT2D eigenvalue weighted by Gasteiger charge is -2.12. The second-order valence-electron chi connectivity index (χ2n) is 5.47. The Morgan fingerprint density at radius 1 is 1.39 bits per heavy atom. The minimum absolute atomic E-state index is 0.163. The minimum Gasteiger partial charge on any atom is -0.491 e. The zero-order valence-electron chi connectivity index (χ0n) is 13.0. The van der Waals surface area contributed by atoms with E-state index in [1.165, 1.54) is 6.20 Å². The summed E-state index contributed by atoms with van der Waals surface area (Å²) in [5.41, 5.74) is 1.70. The van der Waals surface area contributed by atoms with Crippen molar-refractivity contribution in [1.29, 1.82) is 0 Å². The Kier molecular flexibility index (Phi) is 4.83. The maximum Gasteiger partial charge on any atom is 0.275 e. The number of hydrogen-bond donors (Lipinski definition) is 1. The molecule has 1 aliphatic heterocycles. The van der Waals surface area contributed by atoms with Gasteiger partial charge in [-0.1, -0.05) is 6.07 Å². The van der Waals surface area contributed by atoms with Crippen LogP contribution in [0, 0.1) is 6.92 Å². The average molecular weight is 313 g/mol. The summed E-state index contributed by atoms with van der Waals surface area (Å²) in [5, 5.41) is 2.79. The van der Waals surface area contributed by atoms with Crippen LogP contribution >= 0.6 is 0 Å². The van der Waals surface area contributed by atoms with Gasteiger partial charge in [-0.15, -0.1) is 0 Å². The summed E-state index contributed by atoms with van der Waals surface area (Å²) >= 11 is 0. The Morgan fingerprint density at radius 3 is 3.04 bits per heavy atom. The van der Waals surface area contributed by atoms with E-state index in [2.05, 4.69) is 15.3 Å². The molecule has 1 N–H and O–H groups in total. The molecule has 0 unspecified atom stereocenters. The number of carbonyl (C=O) groups is 1. The minimum atomic E-state index is -0.297. The molecule has 120 valence electrons. The van der Waals surface area contributed by atoms with Gasteiger partial charge in [-0.05, 0) is 31.9 Å². The van der Waals surface area contributed by atoms with Crippen LogP contribution in [0.25, 0.3) is 0 Å². The number of benzene rings is 1. The largest absolute Gasteiger partial charge is 0.491 e. The maximum absolute atomic E-state index is 12.1. The van der Waals surface area contributed by atoms with Crippen molar-refractivity contribution in [2.24, 2.45) is 0 Å². The molecule has 0 bridgehead atoms. The van der Waals surface area contributed by atoms with E-state index in [1.54, 1.807) is 18.3 Å². The van der Waals surface area contributed by atoms with E-state index in [4.69, 9.17) is 9.47 Å². The zero-order chi connectivity index (χ0) is 16.1. The summed E-state index contributed by atoms with van der Waals surface area (Å²) in [6.07, 6.45) is 5.30. The van der Waals surface area contributed by atoms with Gasteiger partial charge in [0, 0.05) is 24.6 Å². The van der Waals surface area contributed by atoms with Crippen LogP contribution in [0.1, 0.15) is 29.0 Å². The zero-order valence-corrected chi connectivity index (χ0v) is 13.0. The van der Waals surface area contributed by atoms with E-state index in [-0.39, 0.29) is 17.7 Å². The second-order valence-corrected chi connectivity index (χ2v) is 5.47. The van der Waals surface area contributed by atoms with Crippen molar-refractivity contribution in [2.45, 2.75) is 25.9 Å². The molecule has 0 spiro atoms. The summed E-state index contributed by atoms with van der Waals surface area (Å²) in [7, 11) is 0. The van der Waals surface area contributed by atoms with Crippen LogP contribution in [0.15, 0.2) is 36.7 Å². The summed E-state index contributed by atoms with van der Waals surface area (Å²) in [5.74, 6) is 0.405. The summed E-state index contributed by atoms with van der Waals surface area (Å²) in [6.45, 7) is 3.16. The first kappa shape index (κ1) is 15.4. The highest BCUT2D eigenvalue weighted by molar-refractivity contribution is 6.02. The molecular weight excluding hydrogens is 294 g/mol. The van der Waals surface area contributed by atoms with Crippen LogP contribution in [0.5, 0.6) is 5.75 Å². The average Bonchev–Trinajstić information content (AvgIpc) is 3.07. The fraction of sp³-hybridized carbons (Fsp3) is 0.353. The molecule has 1 atom stereocenters. The lowest BCUT2D eigenvalue weighted by molar-refractivity contribution is 0.0680. The van der Waals surface area contributed by atoms with E-state index in [1.807, 2.05) is 19.1 Å². The molecule has 1 amide bonds. The van der Waals surface area contributed by atoms with Gasteiger partial charge in [0.1, 0.15) is 18.1 Å². The predicted molar refractivity (Wildman–Crippen MR) is 85.6 cm³/mol. The molecule has 1 saturated heterocycles. The molecule has 1 aliphatic rings. The third-order valence-electron chi connectivity index (χ3n) is 3.57. The molecule has 0 saturated carbocycles. The van der Waals surface area contributed by atoms with Gasteiger partial charge in [0.05, 0.1) is 18.0 Å². The normalized spacial score (nSPS) is 17.0. The third kappa shape index (κ3) is 4.26. The number of amides is 1. The molecule has 0 radical (unpaired) electrons. The number of aryl methyl sites for hydroxylation is 1. The van der Waals surface area contributed by atoms with E-state index >= 15 is 0 Å². The molecule has 23 heavy (non-hydrogen) atoms. The SMILES string of the molecule is Cc1cnc(C(=O)Nc2cccc(OC[C@H]3CCCO3)c2)cn1. The molecule has 1 aromatic carbocycles.